The number of carbonyl (C=O) groups excluding carboxylic acids is 2. The van der Waals surface area contributed by atoms with Gasteiger partial charge in [-0.3, -0.25) is 9.59 Å². The van der Waals surface area contributed by atoms with Crippen molar-refractivity contribution >= 4 is 35.0 Å². The van der Waals surface area contributed by atoms with Gasteiger partial charge < -0.3 is 10.2 Å². The van der Waals surface area contributed by atoms with Gasteiger partial charge in [0, 0.05) is 19.0 Å². The summed E-state index contributed by atoms with van der Waals surface area (Å²) in [6.07, 6.45) is 1.75. The van der Waals surface area contributed by atoms with Gasteiger partial charge in [-0.15, -0.1) is 0 Å². The molecule has 0 saturated carbocycles. The first kappa shape index (κ1) is 27.2. The van der Waals surface area contributed by atoms with E-state index < -0.39 is 6.04 Å². The number of benzene rings is 2. The molecule has 0 spiro atoms. The van der Waals surface area contributed by atoms with Gasteiger partial charge in [-0.1, -0.05) is 81.2 Å². The SMILES string of the molecule is CCC(C)NC(=O)C(C)N(Cc1ccc(Cl)c(Cl)c1)C(=O)CCc1ccc(C(C)(C)C)cc1. The van der Waals surface area contributed by atoms with Crippen molar-refractivity contribution in [2.75, 3.05) is 0 Å². The minimum Gasteiger partial charge on any atom is -0.352 e. The first-order valence-corrected chi connectivity index (χ1v) is 12.3. The molecule has 0 aliphatic carbocycles. The molecular weight excluding hydrogens is 455 g/mol. The van der Waals surface area contributed by atoms with Gasteiger partial charge in [0.2, 0.25) is 11.8 Å². The molecule has 33 heavy (non-hydrogen) atoms. The molecule has 2 atom stereocenters. The normalized spacial score (nSPS) is 13.3. The van der Waals surface area contributed by atoms with Crippen molar-refractivity contribution in [3.63, 3.8) is 0 Å². The van der Waals surface area contributed by atoms with Gasteiger partial charge in [-0.2, -0.15) is 0 Å². The van der Waals surface area contributed by atoms with Crippen molar-refractivity contribution in [2.45, 2.75) is 84.8 Å². The van der Waals surface area contributed by atoms with Crippen molar-refractivity contribution in [2.24, 2.45) is 0 Å². The van der Waals surface area contributed by atoms with Gasteiger partial charge in [0.1, 0.15) is 6.04 Å². The van der Waals surface area contributed by atoms with Gasteiger partial charge >= 0.3 is 0 Å². The highest BCUT2D eigenvalue weighted by atomic mass is 35.5. The molecule has 0 heterocycles. The summed E-state index contributed by atoms with van der Waals surface area (Å²) >= 11 is 12.2. The van der Waals surface area contributed by atoms with Crippen LogP contribution in [-0.2, 0) is 28.0 Å². The molecule has 0 aliphatic heterocycles. The molecule has 1 N–H and O–H groups in total. The number of rotatable bonds is 9. The summed E-state index contributed by atoms with van der Waals surface area (Å²) in [5, 5.41) is 3.87. The summed E-state index contributed by atoms with van der Waals surface area (Å²) in [7, 11) is 0. The second-order valence-electron chi connectivity index (χ2n) is 9.71. The Morgan fingerprint density at radius 3 is 2.12 bits per heavy atom. The lowest BCUT2D eigenvalue weighted by molar-refractivity contribution is -0.140. The van der Waals surface area contributed by atoms with Crippen LogP contribution in [0.25, 0.3) is 0 Å². The highest BCUT2D eigenvalue weighted by Gasteiger charge is 2.26. The van der Waals surface area contributed by atoms with Crippen LogP contribution in [0.5, 0.6) is 0 Å². The van der Waals surface area contributed by atoms with Crippen LogP contribution in [0.1, 0.15) is 71.1 Å². The van der Waals surface area contributed by atoms with Crippen LogP contribution in [0, 0.1) is 0 Å². The predicted octanol–water partition coefficient (Wildman–Crippen LogP) is 6.56. The minimum absolute atomic E-state index is 0.0446. The third kappa shape index (κ3) is 8.04. The molecular formula is C27H36Cl2N2O2. The molecule has 2 rings (SSSR count). The lowest BCUT2D eigenvalue weighted by atomic mass is 9.86. The number of aryl methyl sites for hydroxylation is 1. The second kappa shape index (κ2) is 11.9. The fourth-order valence-electron chi connectivity index (χ4n) is 3.45. The summed E-state index contributed by atoms with van der Waals surface area (Å²) in [5.41, 5.74) is 3.27. The first-order chi connectivity index (χ1) is 15.4. The Morgan fingerprint density at radius 2 is 1.58 bits per heavy atom. The van der Waals surface area contributed by atoms with Gasteiger partial charge in [-0.25, -0.2) is 0 Å². The fraction of sp³-hybridized carbons (Fsp3) is 0.481. The maximum absolute atomic E-state index is 13.3. The maximum atomic E-state index is 13.3. The summed E-state index contributed by atoms with van der Waals surface area (Å²) in [6.45, 7) is 12.6. The van der Waals surface area contributed by atoms with Crippen LogP contribution in [0.2, 0.25) is 10.0 Å². The molecule has 2 aromatic carbocycles. The predicted molar refractivity (Wildman–Crippen MR) is 138 cm³/mol. The molecule has 0 bridgehead atoms. The van der Waals surface area contributed by atoms with Crippen LogP contribution in [-0.4, -0.2) is 28.8 Å². The first-order valence-electron chi connectivity index (χ1n) is 11.6. The van der Waals surface area contributed by atoms with Crippen molar-refractivity contribution in [1.29, 1.82) is 0 Å². The summed E-state index contributed by atoms with van der Waals surface area (Å²) in [5.74, 6) is -0.236. The van der Waals surface area contributed by atoms with E-state index in [1.54, 1.807) is 24.0 Å². The molecule has 6 heteroatoms. The Balaban J connectivity index is 2.17. The van der Waals surface area contributed by atoms with Gasteiger partial charge in [0.25, 0.3) is 0 Å². The van der Waals surface area contributed by atoms with Crippen molar-refractivity contribution in [3.8, 4) is 0 Å². The molecule has 180 valence electrons. The molecule has 0 aromatic heterocycles. The van der Waals surface area contributed by atoms with E-state index in [0.717, 1.165) is 17.5 Å². The average Bonchev–Trinajstić information content (AvgIpc) is 2.77. The van der Waals surface area contributed by atoms with Crippen LogP contribution in [0.3, 0.4) is 0 Å². The van der Waals surface area contributed by atoms with Crippen molar-refractivity contribution in [1.82, 2.24) is 10.2 Å². The largest absolute Gasteiger partial charge is 0.352 e. The fourth-order valence-corrected chi connectivity index (χ4v) is 3.77. The second-order valence-corrected chi connectivity index (χ2v) is 10.5. The zero-order valence-corrected chi connectivity index (χ0v) is 22.1. The van der Waals surface area contributed by atoms with Crippen LogP contribution in [0.15, 0.2) is 42.5 Å². The summed E-state index contributed by atoms with van der Waals surface area (Å²) in [4.78, 5) is 27.7. The third-order valence-corrected chi connectivity index (χ3v) is 6.69. The van der Waals surface area contributed by atoms with E-state index in [9.17, 15) is 9.59 Å². The van der Waals surface area contributed by atoms with Crippen molar-refractivity contribution < 1.29 is 9.59 Å². The molecule has 0 radical (unpaired) electrons. The van der Waals surface area contributed by atoms with E-state index in [0.29, 0.717) is 22.9 Å². The Kier molecular flexibility index (Phi) is 9.81. The summed E-state index contributed by atoms with van der Waals surface area (Å²) < 4.78 is 0. The van der Waals surface area contributed by atoms with Crippen LogP contribution < -0.4 is 5.32 Å². The van der Waals surface area contributed by atoms with Gasteiger partial charge in [0.15, 0.2) is 0 Å². The average molecular weight is 492 g/mol. The quantitative estimate of drug-likeness (QED) is 0.432. The third-order valence-electron chi connectivity index (χ3n) is 5.95. The van der Waals surface area contributed by atoms with Crippen molar-refractivity contribution in [3.05, 3.63) is 69.2 Å². The molecule has 0 fully saturated rings. The number of halogens is 2. The Morgan fingerprint density at radius 1 is 0.970 bits per heavy atom. The minimum atomic E-state index is -0.607. The van der Waals surface area contributed by atoms with E-state index >= 15 is 0 Å². The number of amides is 2. The van der Waals surface area contributed by atoms with Crippen LogP contribution >= 0.6 is 23.2 Å². The molecule has 2 unspecified atom stereocenters. The highest BCUT2D eigenvalue weighted by Crippen LogP contribution is 2.25. The number of nitrogens with one attached hydrogen (secondary N) is 1. The van der Waals surface area contributed by atoms with E-state index in [2.05, 4.69) is 50.4 Å². The molecule has 2 amide bonds. The smallest absolute Gasteiger partial charge is 0.242 e. The molecule has 2 aromatic rings. The van der Waals surface area contributed by atoms with Crippen LogP contribution in [0.4, 0.5) is 0 Å². The van der Waals surface area contributed by atoms with E-state index in [-0.39, 0.29) is 29.8 Å². The molecule has 0 saturated heterocycles. The van der Waals surface area contributed by atoms with E-state index in [4.69, 9.17) is 23.2 Å². The number of carbonyl (C=O) groups is 2. The topological polar surface area (TPSA) is 49.4 Å². The van der Waals surface area contributed by atoms with Gasteiger partial charge in [-0.05, 0) is 60.9 Å². The Hall–Kier alpha value is -2.04. The lowest BCUT2D eigenvalue weighted by Crippen LogP contribution is -2.49. The Bertz CT molecular complexity index is 952. The maximum Gasteiger partial charge on any atom is 0.242 e. The lowest BCUT2D eigenvalue weighted by Gasteiger charge is -2.30. The number of hydrogen-bond donors (Lipinski definition) is 1. The summed E-state index contributed by atoms with van der Waals surface area (Å²) in [6, 6.07) is 13.1. The van der Waals surface area contributed by atoms with E-state index in [1.807, 2.05) is 19.9 Å². The Labute approximate surface area is 208 Å². The molecule has 0 aliphatic rings. The number of nitrogens with zero attached hydrogens (tertiary/aromatic N) is 1. The number of hydrogen-bond acceptors (Lipinski definition) is 2. The highest BCUT2D eigenvalue weighted by molar-refractivity contribution is 6.42. The van der Waals surface area contributed by atoms with E-state index in [1.165, 1.54) is 5.56 Å². The standard InChI is InChI=1S/C27H36Cl2N2O2/c1-7-18(2)30-26(33)19(3)31(17-21-10-14-23(28)24(29)16-21)25(32)15-11-20-8-12-22(13-9-20)27(4,5)6/h8-10,12-14,16,18-19H,7,11,15,17H2,1-6H3,(H,30,33). The monoisotopic (exact) mass is 490 g/mol. The zero-order valence-electron chi connectivity index (χ0n) is 20.5. The van der Waals surface area contributed by atoms with Gasteiger partial charge in [0.05, 0.1) is 10.0 Å². The molecule has 4 nitrogen and oxygen atoms in total. The zero-order chi connectivity index (χ0) is 24.8.